The van der Waals surface area contributed by atoms with Crippen LogP contribution in [0.2, 0.25) is 0 Å². The molecular formula is C13H14N8O. The first kappa shape index (κ1) is 13.9. The first-order valence-electron chi connectivity index (χ1n) is 6.70. The maximum absolute atomic E-state index is 11.7. The van der Waals surface area contributed by atoms with Gasteiger partial charge in [0.1, 0.15) is 25.3 Å². The second kappa shape index (κ2) is 6.57. The zero-order chi connectivity index (χ0) is 15.2. The SMILES string of the molecule is O=C(CCn1cncn1)NCc1ccc(-n2cncn2)nc1. The summed E-state index contributed by atoms with van der Waals surface area (Å²) in [6.07, 6.45) is 8.11. The summed E-state index contributed by atoms with van der Waals surface area (Å²) in [5.74, 6) is 0.634. The topological polar surface area (TPSA) is 103 Å². The third kappa shape index (κ3) is 3.51. The Morgan fingerprint density at radius 1 is 1.14 bits per heavy atom. The monoisotopic (exact) mass is 298 g/mol. The number of carbonyl (C=O) groups excluding carboxylic acids is 1. The van der Waals surface area contributed by atoms with Crippen molar-refractivity contribution in [1.82, 2.24) is 39.8 Å². The van der Waals surface area contributed by atoms with Crippen LogP contribution >= 0.6 is 0 Å². The summed E-state index contributed by atoms with van der Waals surface area (Å²) < 4.78 is 3.19. The lowest BCUT2D eigenvalue weighted by atomic mass is 10.2. The first-order chi connectivity index (χ1) is 10.8. The number of pyridine rings is 1. The molecule has 9 heteroatoms. The van der Waals surface area contributed by atoms with Crippen molar-refractivity contribution in [3.05, 3.63) is 49.2 Å². The van der Waals surface area contributed by atoms with Gasteiger partial charge in [0.05, 0.1) is 6.54 Å². The standard InChI is InChI=1S/C13H14N8O/c22-13(3-4-20-9-14-7-18-20)17-6-11-1-2-12(16-5-11)21-10-15-8-19-21/h1-2,5,7-10H,3-4,6H2,(H,17,22). The Bertz CT molecular complexity index is 705. The number of carbonyl (C=O) groups is 1. The average Bonchev–Trinajstić information content (AvgIpc) is 3.24. The molecule has 0 radical (unpaired) electrons. The molecule has 0 fully saturated rings. The third-order valence-corrected chi connectivity index (χ3v) is 2.99. The van der Waals surface area contributed by atoms with Crippen LogP contribution in [0.15, 0.2) is 43.6 Å². The number of aromatic nitrogens is 7. The molecule has 3 aromatic heterocycles. The lowest BCUT2D eigenvalue weighted by Crippen LogP contribution is -2.24. The largest absolute Gasteiger partial charge is 0.352 e. The van der Waals surface area contributed by atoms with Crippen LogP contribution in [0.5, 0.6) is 0 Å². The molecule has 9 nitrogen and oxygen atoms in total. The molecule has 1 amide bonds. The fourth-order valence-electron chi connectivity index (χ4n) is 1.84. The molecule has 1 N–H and O–H groups in total. The molecule has 0 spiro atoms. The summed E-state index contributed by atoms with van der Waals surface area (Å²) in [7, 11) is 0. The van der Waals surface area contributed by atoms with E-state index in [-0.39, 0.29) is 5.91 Å². The zero-order valence-corrected chi connectivity index (χ0v) is 11.7. The van der Waals surface area contributed by atoms with Crippen molar-refractivity contribution in [3.8, 4) is 5.82 Å². The van der Waals surface area contributed by atoms with Gasteiger partial charge < -0.3 is 5.32 Å². The summed E-state index contributed by atoms with van der Waals surface area (Å²) in [4.78, 5) is 23.7. The molecule has 22 heavy (non-hydrogen) atoms. The number of amides is 1. The van der Waals surface area contributed by atoms with Crippen LogP contribution < -0.4 is 5.32 Å². The highest BCUT2D eigenvalue weighted by molar-refractivity contribution is 5.75. The maximum Gasteiger partial charge on any atom is 0.222 e. The van der Waals surface area contributed by atoms with Gasteiger partial charge in [0.25, 0.3) is 0 Å². The molecular weight excluding hydrogens is 284 g/mol. The van der Waals surface area contributed by atoms with Crippen molar-refractivity contribution in [2.75, 3.05) is 0 Å². The molecule has 3 aromatic rings. The zero-order valence-electron chi connectivity index (χ0n) is 11.7. The second-order valence-corrected chi connectivity index (χ2v) is 4.55. The van der Waals surface area contributed by atoms with Crippen LogP contribution in [0.1, 0.15) is 12.0 Å². The normalized spacial score (nSPS) is 10.5. The molecule has 0 saturated carbocycles. The molecule has 0 atom stereocenters. The minimum Gasteiger partial charge on any atom is -0.352 e. The van der Waals surface area contributed by atoms with E-state index in [1.165, 1.54) is 12.7 Å². The molecule has 0 aromatic carbocycles. The van der Waals surface area contributed by atoms with Crippen LogP contribution in [-0.2, 0) is 17.9 Å². The molecule has 112 valence electrons. The first-order valence-corrected chi connectivity index (χ1v) is 6.70. The molecule has 0 aliphatic carbocycles. The van der Waals surface area contributed by atoms with Crippen LogP contribution in [-0.4, -0.2) is 40.4 Å². The van der Waals surface area contributed by atoms with Crippen molar-refractivity contribution in [2.45, 2.75) is 19.5 Å². The van der Waals surface area contributed by atoms with E-state index in [2.05, 4.69) is 30.5 Å². The number of rotatable bonds is 6. The number of aryl methyl sites for hydroxylation is 1. The van der Waals surface area contributed by atoms with E-state index in [4.69, 9.17) is 0 Å². The van der Waals surface area contributed by atoms with Crippen molar-refractivity contribution in [1.29, 1.82) is 0 Å². The van der Waals surface area contributed by atoms with Crippen LogP contribution in [0.4, 0.5) is 0 Å². The average molecular weight is 298 g/mol. The molecule has 0 bridgehead atoms. The minimum absolute atomic E-state index is 0.0455. The summed E-state index contributed by atoms with van der Waals surface area (Å²) in [6.45, 7) is 0.941. The van der Waals surface area contributed by atoms with E-state index in [1.807, 2.05) is 12.1 Å². The lowest BCUT2D eigenvalue weighted by Gasteiger charge is -2.06. The predicted octanol–water partition coefficient (Wildman–Crippen LogP) is -0.0397. The second-order valence-electron chi connectivity index (χ2n) is 4.55. The van der Waals surface area contributed by atoms with Gasteiger partial charge in [-0.1, -0.05) is 6.07 Å². The summed E-state index contributed by atoms with van der Waals surface area (Å²) in [5.41, 5.74) is 0.915. The van der Waals surface area contributed by atoms with Crippen LogP contribution in [0.25, 0.3) is 5.82 Å². The fourth-order valence-corrected chi connectivity index (χ4v) is 1.84. The lowest BCUT2D eigenvalue weighted by molar-refractivity contribution is -0.121. The van der Waals surface area contributed by atoms with Gasteiger partial charge in [0.15, 0.2) is 5.82 Å². The van der Waals surface area contributed by atoms with E-state index in [0.29, 0.717) is 25.3 Å². The quantitative estimate of drug-likeness (QED) is 0.685. The maximum atomic E-state index is 11.7. The van der Waals surface area contributed by atoms with Crippen molar-refractivity contribution in [2.24, 2.45) is 0 Å². The highest BCUT2D eigenvalue weighted by Gasteiger charge is 2.03. The molecule has 0 unspecified atom stereocenters. The summed E-state index contributed by atoms with van der Waals surface area (Å²) >= 11 is 0. The predicted molar refractivity (Wildman–Crippen MR) is 75.6 cm³/mol. The molecule has 0 saturated heterocycles. The van der Waals surface area contributed by atoms with E-state index < -0.39 is 0 Å². The van der Waals surface area contributed by atoms with E-state index in [0.717, 1.165) is 5.56 Å². The van der Waals surface area contributed by atoms with Gasteiger partial charge in [-0.25, -0.2) is 19.6 Å². The van der Waals surface area contributed by atoms with Gasteiger partial charge in [0, 0.05) is 19.2 Å². The molecule has 3 rings (SSSR count). The Morgan fingerprint density at radius 2 is 2.00 bits per heavy atom. The highest BCUT2D eigenvalue weighted by atomic mass is 16.1. The number of hydrogen-bond donors (Lipinski definition) is 1. The van der Waals surface area contributed by atoms with E-state index in [9.17, 15) is 4.79 Å². The minimum atomic E-state index is -0.0455. The number of nitrogens with one attached hydrogen (secondary N) is 1. The Labute approximate surface area is 126 Å². The Balaban J connectivity index is 1.48. The van der Waals surface area contributed by atoms with Gasteiger partial charge in [0.2, 0.25) is 5.91 Å². The van der Waals surface area contributed by atoms with Gasteiger partial charge in [-0.05, 0) is 11.6 Å². The van der Waals surface area contributed by atoms with Gasteiger partial charge in [-0.3, -0.25) is 9.48 Å². The van der Waals surface area contributed by atoms with Crippen LogP contribution in [0.3, 0.4) is 0 Å². The smallest absolute Gasteiger partial charge is 0.222 e. The third-order valence-electron chi connectivity index (χ3n) is 2.99. The summed E-state index contributed by atoms with van der Waals surface area (Å²) in [5, 5.41) is 10.8. The fraction of sp³-hybridized carbons (Fsp3) is 0.231. The Morgan fingerprint density at radius 3 is 2.68 bits per heavy atom. The van der Waals surface area contributed by atoms with Crippen LogP contribution in [0, 0.1) is 0 Å². The molecule has 0 aliphatic heterocycles. The van der Waals surface area contributed by atoms with Crippen molar-refractivity contribution < 1.29 is 4.79 Å². The van der Waals surface area contributed by atoms with Gasteiger partial charge in [-0.15, -0.1) is 0 Å². The van der Waals surface area contributed by atoms with E-state index in [1.54, 1.807) is 28.2 Å². The Hall–Kier alpha value is -3.10. The molecule has 0 aliphatic rings. The number of hydrogen-bond acceptors (Lipinski definition) is 6. The summed E-state index contributed by atoms with van der Waals surface area (Å²) in [6, 6.07) is 3.72. The van der Waals surface area contributed by atoms with E-state index >= 15 is 0 Å². The van der Waals surface area contributed by atoms with Crippen molar-refractivity contribution in [3.63, 3.8) is 0 Å². The Kier molecular flexibility index (Phi) is 4.14. The number of nitrogens with zero attached hydrogens (tertiary/aromatic N) is 7. The highest BCUT2D eigenvalue weighted by Crippen LogP contribution is 2.03. The molecule has 3 heterocycles. The van der Waals surface area contributed by atoms with Gasteiger partial charge >= 0.3 is 0 Å². The van der Waals surface area contributed by atoms with Gasteiger partial charge in [-0.2, -0.15) is 10.2 Å². The van der Waals surface area contributed by atoms with Crippen molar-refractivity contribution >= 4 is 5.91 Å².